The van der Waals surface area contributed by atoms with Crippen molar-refractivity contribution in [2.45, 2.75) is 44.6 Å². The number of aromatic nitrogens is 2. The molecule has 0 spiro atoms. The lowest BCUT2D eigenvalue weighted by atomic mass is 9.85. The van der Waals surface area contributed by atoms with Crippen molar-refractivity contribution in [3.8, 4) is 0 Å². The molecule has 0 saturated heterocycles. The van der Waals surface area contributed by atoms with Gasteiger partial charge in [0.15, 0.2) is 0 Å². The molecule has 1 fully saturated rings. The third kappa shape index (κ3) is 2.58. The van der Waals surface area contributed by atoms with Crippen LogP contribution in [0.5, 0.6) is 0 Å². The summed E-state index contributed by atoms with van der Waals surface area (Å²) in [4.78, 5) is 9.61. The van der Waals surface area contributed by atoms with E-state index in [4.69, 9.17) is 0 Å². The standard InChI is InChI=1S/C14H19N3OS/c1-10-7-19-13-11(10)12(16-9-17-13)15-8-14(18)5-3-2-4-6-14/h7,9,18H,2-6,8H2,1H3,(H,15,16,17). The average Bonchev–Trinajstić information content (AvgIpc) is 2.80. The molecule has 1 aliphatic rings. The van der Waals surface area contributed by atoms with E-state index in [2.05, 4.69) is 27.6 Å². The van der Waals surface area contributed by atoms with Crippen LogP contribution in [-0.2, 0) is 0 Å². The molecule has 19 heavy (non-hydrogen) atoms. The molecular weight excluding hydrogens is 258 g/mol. The first kappa shape index (κ1) is 12.8. The minimum Gasteiger partial charge on any atom is -0.388 e. The van der Waals surface area contributed by atoms with Crippen LogP contribution in [-0.4, -0.2) is 27.2 Å². The van der Waals surface area contributed by atoms with Gasteiger partial charge >= 0.3 is 0 Å². The molecule has 0 radical (unpaired) electrons. The van der Waals surface area contributed by atoms with Crippen molar-refractivity contribution in [2.24, 2.45) is 0 Å². The van der Waals surface area contributed by atoms with E-state index in [1.807, 2.05) is 0 Å². The van der Waals surface area contributed by atoms with Crippen molar-refractivity contribution >= 4 is 27.4 Å². The fourth-order valence-corrected chi connectivity index (χ4v) is 3.68. The Kier molecular flexibility index (Phi) is 3.41. The summed E-state index contributed by atoms with van der Waals surface area (Å²) in [5.74, 6) is 0.850. The highest BCUT2D eigenvalue weighted by molar-refractivity contribution is 7.17. The first-order chi connectivity index (χ1) is 9.18. The second kappa shape index (κ2) is 5.06. The number of thiophene rings is 1. The minimum atomic E-state index is -0.570. The van der Waals surface area contributed by atoms with Crippen LogP contribution in [0.4, 0.5) is 5.82 Å². The van der Waals surface area contributed by atoms with Crippen LogP contribution in [0.1, 0.15) is 37.7 Å². The summed E-state index contributed by atoms with van der Waals surface area (Å²) < 4.78 is 0. The summed E-state index contributed by atoms with van der Waals surface area (Å²) in [5, 5.41) is 17.0. The summed E-state index contributed by atoms with van der Waals surface area (Å²) in [6.07, 6.45) is 6.84. The number of aryl methyl sites for hydroxylation is 1. The Bertz CT molecular complexity index is 575. The number of rotatable bonds is 3. The Hall–Kier alpha value is -1.20. The predicted octanol–water partition coefficient (Wildman–Crippen LogP) is 3.11. The molecule has 5 heteroatoms. The fourth-order valence-electron chi connectivity index (χ4n) is 2.79. The van der Waals surface area contributed by atoms with Crippen LogP contribution in [0.2, 0.25) is 0 Å². The van der Waals surface area contributed by atoms with E-state index in [1.165, 1.54) is 12.0 Å². The van der Waals surface area contributed by atoms with Gasteiger partial charge in [-0.15, -0.1) is 11.3 Å². The van der Waals surface area contributed by atoms with Gasteiger partial charge in [-0.05, 0) is 30.7 Å². The van der Waals surface area contributed by atoms with E-state index in [0.29, 0.717) is 6.54 Å². The van der Waals surface area contributed by atoms with Crippen molar-refractivity contribution in [3.05, 3.63) is 17.3 Å². The van der Waals surface area contributed by atoms with Crippen LogP contribution < -0.4 is 5.32 Å². The normalized spacial score (nSPS) is 18.6. The first-order valence-corrected chi connectivity index (χ1v) is 7.71. The van der Waals surface area contributed by atoms with E-state index in [0.717, 1.165) is 41.7 Å². The summed E-state index contributed by atoms with van der Waals surface area (Å²) in [6.45, 7) is 2.65. The second-order valence-electron chi connectivity index (χ2n) is 5.46. The van der Waals surface area contributed by atoms with Crippen LogP contribution in [0.15, 0.2) is 11.7 Å². The molecule has 0 aliphatic heterocycles. The van der Waals surface area contributed by atoms with E-state index in [-0.39, 0.29) is 0 Å². The van der Waals surface area contributed by atoms with Gasteiger partial charge < -0.3 is 10.4 Å². The molecule has 102 valence electrons. The van der Waals surface area contributed by atoms with Crippen molar-refractivity contribution in [3.63, 3.8) is 0 Å². The van der Waals surface area contributed by atoms with Crippen LogP contribution in [0, 0.1) is 6.92 Å². The molecule has 2 aromatic rings. The minimum absolute atomic E-state index is 0.570. The Morgan fingerprint density at radius 2 is 2.11 bits per heavy atom. The summed E-state index contributed by atoms with van der Waals surface area (Å²) in [5.41, 5.74) is 0.623. The van der Waals surface area contributed by atoms with Crippen LogP contribution >= 0.6 is 11.3 Å². The monoisotopic (exact) mass is 277 g/mol. The molecule has 2 aromatic heterocycles. The first-order valence-electron chi connectivity index (χ1n) is 6.83. The lowest BCUT2D eigenvalue weighted by Crippen LogP contribution is -2.39. The Labute approximate surface area is 116 Å². The third-order valence-electron chi connectivity index (χ3n) is 3.92. The van der Waals surface area contributed by atoms with Gasteiger partial charge in [0.05, 0.1) is 11.0 Å². The van der Waals surface area contributed by atoms with Crippen LogP contribution in [0.25, 0.3) is 10.2 Å². The van der Waals surface area contributed by atoms with Crippen molar-refractivity contribution < 1.29 is 5.11 Å². The average molecular weight is 277 g/mol. The van der Waals surface area contributed by atoms with Crippen molar-refractivity contribution in [1.29, 1.82) is 0 Å². The van der Waals surface area contributed by atoms with Crippen molar-refractivity contribution in [2.75, 3.05) is 11.9 Å². The number of nitrogens with one attached hydrogen (secondary N) is 1. The molecule has 2 heterocycles. The molecule has 3 rings (SSSR count). The molecule has 4 nitrogen and oxygen atoms in total. The van der Waals surface area contributed by atoms with E-state index in [1.54, 1.807) is 17.7 Å². The topological polar surface area (TPSA) is 58.0 Å². The van der Waals surface area contributed by atoms with Gasteiger partial charge in [0.25, 0.3) is 0 Å². The number of fused-ring (bicyclic) bond motifs is 1. The second-order valence-corrected chi connectivity index (χ2v) is 6.32. The molecule has 1 saturated carbocycles. The maximum absolute atomic E-state index is 10.5. The molecule has 0 aromatic carbocycles. The Balaban J connectivity index is 1.80. The molecular formula is C14H19N3OS. The highest BCUT2D eigenvalue weighted by Crippen LogP contribution is 2.31. The van der Waals surface area contributed by atoms with E-state index in [9.17, 15) is 5.11 Å². The SMILES string of the molecule is Cc1csc2ncnc(NCC3(O)CCCCC3)c12. The van der Waals surface area contributed by atoms with Gasteiger partial charge in [-0.2, -0.15) is 0 Å². The van der Waals surface area contributed by atoms with Crippen molar-refractivity contribution in [1.82, 2.24) is 9.97 Å². The van der Waals surface area contributed by atoms with Gasteiger partial charge in [0.2, 0.25) is 0 Å². The highest BCUT2D eigenvalue weighted by Gasteiger charge is 2.29. The summed E-state index contributed by atoms with van der Waals surface area (Å²) in [6, 6.07) is 0. The quantitative estimate of drug-likeness (QED) is 0.905. The molecule has 0 atom stereocenters. The Morgan fingerprint density at radius 3 is 2.89 bits per heavy atom. The maximum Gasteiger partial charge on any atom is 0.138 e. The zero-order chi connectivity index (χ0) is 13.3. The maximum atomic E-state index is 10.5. The van der Waals surface area contributed by atoms with Gasteiger partial charge in [-0.3, -0.25) is 0 Å². The highest BCUT2D eigenvalue weighted by atomic mass is 32.1. The van der Waals surface area contributed by atoms with Crippen LogP contribution in [0.3, 0.4) is 0 Å². The zero-order valence-electron chi connectivity index (χ0n) is 11.1. The lowest BCUT2D eigenvalue weighted by Gasteiger charge is -2.32. The number of hydrogen-bond donors (Lipinski definition) is 2. The number of hydrogen-bond acceptors (Lipinski definition) is 5. The molecule has 2 N–H and O–H groups in total. The van der Waals surface area contributed by atoms with Gasteiger partial charge in [0, 0.05) is 6.54 Å². The molecule has 0 unspecified atom stereocenters. The van der Waals surface area contributed by atoms with E-state index >= 15 is 0 Å². The lowest BCUT2D eigenvalue weighted by molar-refractivity contribution is 0.0167. The van der Waals surface area contributed by atoms with E-state index < -0.39 is 5.60 Å². The summed E-state index contributed by atoms with van der Waals surface area (Å²) in [7, 11) is 0. The molecule has 1 aliphatic carbocycles. The number of nitrogens with zero attached hydrogens (tertiary/aromatic N) is 2. The fraction of sp³-hybridized carbons (Fsp3) is 0.571. The molecule has 0 amide bonds. The smallest absolute Gasteiger partial charge is 0.138 e. The Morgan fingerprint density at radius 1 is 1.32 bits per heavy atom. The predicted molar refractivity (Wildman–Crippen MR) is 78.7 cm³/mol. The van der Waals surface area contributed by atoms with Gasteiger partial charge in [0.1, 0.15) is 17.0 Å². The largest absolute Gasteiger partial charge is 0.388 e. The molecule has 0 bridgehead atoms. The van der Waals surface area contributed by atoms with Gasteiger partial charge in [-0.25, -0.2) is 9.97 Å². The van der Waals surface area contributed by atoms with Gasteiger partial charge in [-0.1, -0.05) is 19.3 Å². The third-order valence-corrected chi connectivity index (χ3v) is 4.93. The number of aliphatic hydroxyl groups is 1. The zero-order valence-corrected chi connectivity index (χ0v) is 12.0. The summed E-state index contributed by atoms with van der Waals surface area (Å²) >= 11 is 1.64. The number of anilines is 1.